The Morgan fingerprint density at radius 3 is 2.83 bits per heavy atom. The SMILES string of the molecule is COC(=O)Cc1csc(NC(=O)COC(=O)c2ccoc2C)n1. The van der Waals surface area contributed by atoms with Crippen molar-refractivity contribution in [3.8, 4) is 0 Å². The van der Waals surface area contributed by atoms with Crippen molar-refractivity contribution in [2.45, 2.75) is 13.3 Å². The minimum absolute atomic E-state index is 0.0254. The molecule has 1 amide bonds. The average molecular weight is 338 g/mol. The topological polar surface area (TPSA) is 108 Å². The van der Waals surface area contributed by atoms with Crippen molar-refractivity contribution < 1.29 is 28.3 Å². The van der Waals surface area contributed by atoms with Gasteiger partial charge in [0.05, 0.1) is 25.5 Å². The maximum atomic E-state index is 11.7. The van der Waals surface area contributed by atoms with Gasteiger partial charge in [-0.2, -0.15) is 0 Å². The molecule has 122 valence electrons. The number of ether oxygens (including phenoxy) is 2. The second-order valence-electron chi connectivity index (χ2n) is 4.41. The maximum Gasteiger partial charge on any atom is 0.342 e. The Kier molecular flexibility index (Phi) is 5.47. The van der Waals surface area contributed by atoms with E-state index in [-0.39, 0.29) is 12.0 Å². The predicted molar refractivity (Wildman–Crippen MR) is 80.2 cm³/mol. The number of amides is 1. The van der Waals surface area contributed by atoms with Gasteiger partial charge in [-0.05, 0) is 13.0 Å². The summed E-state index contributed by atoms with van der Waals surface area (Å²) >= 11 is 1.16. The number of thiazole rings is 1. The number of nitrogens with one attached hydrogen (secondary N) is 1. The molecule has 2 aromatic heterocycles. The summed E-state index contributed by atoms with van der Waals surface area (Å²) in [6, 6.07) is 1.47. The molecule has 0 aliphatic heterocycles. The maximum absolute atomic E-state index is 11.7. The number of carbonyl (C=O) groups is 3. The third-order valence-electron chi connectivity index (χ3n) is 2.76. The van der Waals surface area contributed by atoms with Crippen LogP contribution in [-0.2, 0) is 25.5 Å². The molecular weight excluding hydrogens is 324 g/mol. The first-order valence-electron chi connectivity index (χ1n) is 6.52. The number of rotatable bonds is 6. The number of hydrogen-bond acceptors (Lipinski definition) is 8. The lowest BCUT2D eigenvalue weighted by Gasteiger charge is -2.03. The van der Waals surface area contributed by atoms with Crippen molar-refractivity contribution in [1.29, 1.82) is 0 Å². The van der Waals surface area contributed by atoms with Gasteiger partial charge in [-0.15, -0.1) is 11.3 Å². The third-order valence-corrected chi connectivity index (χ3v) is 3.57. The summed E-state index contributed by atoms with van der Waals surface area (Å²) in [7, 11) is 1.29. The Balaban J connectivity index is 1.82. The van der Waals surface area contributed by atoms with Crippen LogP contribution in [0.25, 0.3) is 0 Å². The van der Waals surface area contributed by atoms with E-state index in [9.17, 15) is 14.4 Å². The molecule has 8 nitrogen and oxygen atoms in total. The summed E-state index contributed by atoms with van der Waals surface area (Å²) in [6.07, 6.45) is 1.39. The Morgan fingerprint density at radius 1 is 1.39 bits per heavy atom. The van der Waals surface area contributed by atoms with Gasteiger partial charge in [0.2, 0.25) is 0 Å². The predicted octanol–water partition coefficient (Wildman–Crippen LogP) is 1.56. The summed E-state index contributed by atoms with van der Waals surface area (Å²) in [4.78, 5) is 38.6. The molecule has 0 aliphatic carbocycles. The number of nitrogens with zero attached hydrogens (tertiary/aromatic N) is 1. The van der Waals surface area contributed by atoms with Gasteiger partial charge in [0, 0.05) is 5.38 Å². The first kappa shape index (κ1) is 16.7. The molecule has 2 aromatic rings. The highest BCUT2D eigenvalue weighted by Crippen LogP contribution is 2.16. The van der Waals surface area contributed by atoms with E-state index in [4.69, 9.17) is 9.15 Å². The molecule has 9 heteroatoms. The summed E-state index contributed by atoms with van der Waals surface area (Å²) in [5.41, 5.74) is 0.760. The van der Waals surface area contributed by atoms with Crippen molar-refractivity contribution in [1.82, 2.24) is 4.98 Å². The van der Waals surface area contributed by atoms with E-state index in [1.165, 1.54) is 19.4 Å². The number of methoxy groups -OCH3 is 1. The standard InChI is InChI=1S/C14H14N2O6S/c1-8-10(3-4-21-8)13(19)22-6-11(17)16-14-15-9(7-23-14)5-12(18)20-2/h3-4,7H,5-6H2,1-2H3,(H,15,16,17). The quantitative estimate of drug-likeness (QED) is 0.796. The van der Waals surface area contributed by atoms with Gasteiger partial charge >= 0.3 is 11.9 Å². The van der Waals surface area contributed by atoms with Crippen LogP contribution in [0.15, 0.2) is 22.1 Å². The smallest absolute Gasteiger partial charge is 0.342 e. The lowest BCUT2D eigenvalue weighted by Crippen LogP contribution is -2.21. The molecule has 0 bridgehead atoms. The van der Waals surface area contributed by atoms with E-state index in [0.29, 0.717) is 16.6 Å². The van der Waals surface area contributed by atoms with Gasteiger partial charge in [0.25, 0.3) is 5.91 Å². The van der Waals surface area contributed by atoms with E-state index in [1.54, 1.807) is 12.3 Å². The van der Waals surface area contributed by atoms with E-state index in [1.807, 2.05) is 0 Å². The first-order chi connectivity index (χ1) is 11.0. The Hall–Kier alpha value is -2.68. The van der Waals surface area contributed by atoms with Gasteiger partial charge in [0.15, 0.2) is 11.7 Å². The molecule has 1 N–H and O–H groups in total. The molecule has 2 heterocycles. The third kappa shape index (κ3) is 4.65. The zero-order chi connectivity index (χ0) is 16.8. The van der Waals surface area contributed by atoms with E-state index >= 15 is 0 Å². The highest BCUT2D eigenvalue weighted by atomic mass is 32.1. The zero-order valence-corrected chi connectivity index (χ0v) is 13.3. The van der Waals surface area contributed by atoms with Crippen LogP contribution in [0, 0.1) is 6.92 Å². The zero-order valence-electron chi connectivity index (χ0n) is 12.5. The van der Waals surface area contributed by atoms with E-state index in [0.717, 1.165) is 11.3 Å². The fourth-order valence-electron chi connectivity index (χ4n) is 1.63. The number of esters is 2. The number of hydrogen-bond donors (Lipinski definition) is 1. The van der Waals surface area contributed by atoms with Crippen LogP contribution in [0.1, 0.15) is 21.8 Å². The van der Waals surface area contributed by atoms with Crippen molar-refractivity contribution in [3.05, 3.63) is 34.7 Å². The summed E-state index contributed by atoms with van der Waals surface area (Å²) < 4.78 is 14.4. The fraction of sp³-hybridized carbons (Fsp3) is 0.286. The number of furan rings is 1. The molecule has 0 atom stereocenters. The average Bonchev–Trinajstić information content (AvgIpc) is 3.13. The normalized spacial score (nSPS) is 10.2. The highest BCUT2D eigenvalue weighted by Gasteiger charge is 2.15. The van der Waals surface area contributed by atoms with Crippen LogP contribution in [0.2, 0.25) is 0 Å². The van der Waals surface area contributed by atoms with Crippen molar-refractivity contribution in [2.24, 2.45) is 0 Å². The minimum atomic E-state index is -0.642. The molecule has 0 aromatic carbocycles. The van der Waals surface area contributed by atoms with Crippen LogP contribution in [0.3, 0.4) is 0 Å². The van der Waals surface area contributed by atoms with Gasteiger partial charge in [-0.25, -0.2) is 9.78 Å². The molecule has 0 saturated heterocycles. The number of anilines is 1. The lowest BCUT2D eigenvalue weighted by molar-refractivity contribution is -0.139. The summed E-state index contributed by atoms with van der Waals surface area (Å²) in [5, 5.41) is 4.43. The van der Waals surface area contributed by atoms with Crippen LogP contribution < -0.4 is 5.32 Å². The largest absolute Gasteiger partial charge is 0.469 e. The first-order valence-corrected chi connectivity index (χ1v) is 7.40. The molecule has 0 saturated carbocycles. The van der Waals surface area contributed by atoms with Gasteiger partial charge in [-0.3, -0.25) is 14.9 Å². The number of aromatic nitrogens is 1. The number of carbonyl (C=O) groups excluding carboxylic acids is 3. The fourth-order valence-corrected chi connectivity index (χ4v) is 2.35. The second-order valence-corrected chi connectivity index (χ2v) is 5.27. The molecule has 23 heavy (non-hydrogen) atoms. The molecule has 0 unspecified atom stereocenters. The van der Waals surface area contributed by atoms with Crippen molar-refractivity contribution >= 4 is 34.3 Å². The van der Waals surface area contributed by atoms with Crippen molar-refractivity contribution in [3.63, 3.8) is 0 Å². The lowest BCUT2D eigenvalue weighted by atomic mass is 10.3. The summed E-state index contributed by atoms with van der Waals surface area (Å²) in [6.45, 7) is 1.17. The molecule has 0 radical (unpaired) electrons. The summed E-state index contributed by atoms with van der Waals surface area (Å²) in [5.74, 6) is -1.17. The Labute approximate surface area is 135 Å². The van der Waals surface area contributed by atoms with E-state index in [2.05, 4.69) is 15.0 Å². The van der Waals surface area contributed by atoms with Crippen LogP contribution in [0.5, 0.6) is 0 Å². The molecule has 0 fully saturated rings. The van der Waals surface area contributed by atoms with Gasteiger partial charge in [0.1, 0.15) is 11.3 Å². The molecule has 0 aliphatic rings. The van der Waals surface area contributed by atoms with Crippen LogP contribution >= 0.6 is 11.3 Å². The molecule has 2 rings (SSSR count). The highest BCUT2D eigenvalue weighted by molar-refractivity contribution is 7.13. The van der Waals surface area contributed by atoms with Crippen LogP contribution in [0.4, 0.5) is 5.13 Å². The number of aryl methyl sites for hydroxylation is 1. The second kappa shape index (κ2) is 7.54. The van der Waals surface area contributed by atoms with Crippen LogP contribution in [-0.4, -0.2) is 36.5 Å². The molecular formula is C14H14N2O6S. The minimum Gasteiger partial charge on any atom is -0.469 e. The van der Waals surface area contributed by atoms with Gasteiger partial charge < -0.3 is 13.9 Å². The Bertz CT molecular complexity index is 720. The Morgan fingerprint density at radius 2 is 2.17 bits per heavy atom. The van der Waals surface area contributed by atoms with Crippen molar-refractivity contribution in [2.75, 3.05) is 19.0 Å². The van der Waals surface area contributed by atoms with Gasteiger partial charge in [-0.1, -0.05) is 0 Å². The van der Waals surface area contributed by atoms with E-state index < -0.39 is 24.5 Å². The monoisotopic (exact) mass is 338 g/mol. The molecule has 0 spiro atoms.